The van der Waals surface area contributed by atoms with E-state index in [2.05, 4.69) is 10.1 Å². The third kappa shape index (κ3) is 2.70. The molecular weight excluding hydrogens is 232 g/mol. The summed E-state index contributed by atoms with van der Waals surface area (Å²) < 4.78 is 9.70. The van der Waals surface area contributed by atoms with Crippen molar-refractivity contribution in [2.45, 2.75) is 0 Å². The second-order valence-corrected chi connectivity index (χ2v) is 2.88. The SMILES string of the molecule is CNc1c(N)cc(C(=O)OC)cc1OC.Cl. The molecular formula is C10H15ClN2O3. The second-order valence-electron chi connectivity index (χ2n) is 2.88. The predicted octanol–water partition coefficient (Wildman–Crippen LogP) is 1.53. The third-order valence-corrected chi connectivity index (χ3v) is 2.02. The quantitative estimate of drug-likeness (QED) is 0.625. The molecule has 0 radical (unpaired) electrons. The highest BCUT2D eigenvalue weighted by Crippen LogP contribution is 2.31. The van der Waals surface area contributed by atoms with Gasteiger partial charge in [0.2, 0.25) is 0 Å². The Hall–Kier alpha value is -1.62. The van der Waals surface area contributed by atoms with Gasteiger partial charge in [0.15, 0.2) is 0 Å². The van der Waals surface area contributed by atoms with Gasteiger partial charge in [0.25, 0.3) is 0 Å². The minimum absolute atomic E-state index is 0. The number of methoxy groups -OCH3 is 2. The molecule has 0 aromatic heterocycles. The molecule has 1 aromatic carbocycles. The number of carbonyl (C=O) groups is 1. The number of ether oxygens (including phenoxy) is 2. The predicted molar refractivity (Wildman–Crippen MR) is 65.5 cm³/mol. The number of nitrogen functional groups attached to an aromatic ring is 1. The van der Waals surface area contributed by atoms with Gasteiger partial charge >= 0.3 is 5.97 Å². The summed E-state index contributed by atoms with van der Waals surface area (Å²) in [4.78, 5) is 11.3. The molecule has 1 rings (SSSR count). The fourth-order valence-electron chi connectivity index (χ4n) is 1.30. The van der Waals surface area contributed by atoms with E-state index < -0.39 is 5.97 Å². The average Bonchev–Trinajstić information content (AvgIpc) is 2.26. The van der Waals surface area contributed by atoms with Crippen LogP contribution in [0.2, 0.25) is 0 Å². The van der Waals surface area contributed by atoms with Gasteiger partial charge in [-0.1, -0.05) is 0 Å². The van der Waals surface area contributed by atoms with Crippen molar-refractivity contribution in [3.8, 4) is 5.75 Å². The van der Waals surface area contributed by atoms with Crippen LogP contribution in [0.5, 0.6) is 5.75 Å². The number of halogens is 1. The number of hydrogen-bond donors (Lipinski definition) is 2. The molecule has 16 heavy (non-hydrogen) atoms. The van der Waals surface area contributed by atoms with Gasteiger partial charge in [0.05, 0.1) is 31.2 Å². The highest BCUT2D eigenvalue weighted by Gasteiger charge is 2.13. The van der Waals surface area contributed by atoms with Gasteiger partial charge < -0.3 is 20.5 Å². The summed E-state index contributed by atoms with van der Waals surface area (Å²) >= 11 is 0. The first-order valence-electron chi connectivity index (χ1n) is 4.37. The number of nitrogens with one attached hydrogen (secondary N) is 1. The standard InChI is InChI=1S/C10H14N2O3.ClH/c1-12-9-7(11)4-6(10(13)15-3)5-8(9)14-2;/h4-5,12H,11H2,1-3H3;1H. The lowest BCUT2D eigenvalue weighted by atomic mass is 10.1. The summed E-state index contributed by atoms with van der Waals surface area (Å²) in [5, 5.41) is 2.90. The zero-order chi connectivity index (χ0) is 11.4. The first-order chi connectivity index (χ1) is 7.13. The van der Waals surface area contributed by atoms with Crippen LogP contribution in [0.4, 0.5) is 11.4 Å². The van der Waals surface area contributed by atoms with Crippen LogP contribution < -0.4 is 15.8 Å². The van der Waals surface area contributed by atoms with Gasteiger partial charge in [-0.05, 0) is 12.1 Å². The van der Waals surface area contributed by atoms with Crippen LogP contribution in [0.25, 0.3) is 0 Å². The van der Waals surface area contributed by atoms with Gasteiger partial charge in [0.1, 0.15) is 5.75 Å². The van der Waals surface area contributed by atoms with E-state index in [1.807, 2.05) is 0 Å². The molecule has 1 aromatic rings. The van der Waals surface area contributed by atoms with Gasteiger partial charge in [-0.15, -0.1) is 12.4 Å². The highest BCUT2D eigenvalue weighted by molar-refractivity contribution is 5.93. The molecule has 0 heterocycles. The topological polar surface area (TPSA) is 73.6 Å². The second kappa shape index (κ2) is 6.07. The van der Waals surface area contributed by atoms with Crippen LogP contribution in [0.15, 0.2) is 12.1 Å². The molecule has 0 fully saturated rings. The summed E-state index contributed by atoms with van der Waals surface area (Å²) in [6.45, 7) is 0. The van der Waals surface area contributed by atoms with Crippen molar-refractivity contribution in [1.82, 2.24) is 0 Å². The number of anilines is 2. The van der Waals surface area contributed by atoms with E-state index in [1.165, 1.54) is 14.2 Å². The molecule has 0 atom stereocenters. The molecule has 0 spiro atoms. The monoisotopic (exact) mass is 246 g/mol. The number of benzene rings is 1. The fraction of sp³-hybridized carbons (Fsp3) is 0.300. The van der Waals surface area contributed by atoms with Crippen molar-refractivity contribution in [1.29, 1.82) is 0 Å². The van der Waals surface area contributed by atoms with Gasteiger partial charge in [0, 0.05) is 7.05 Å². The molecule has 0 saturated heterocycles. The lowest BCUT2D eigenvalue weighted by Crippen LogP contribution is -2.05. The van der Waals surface area contributed by atoms with Crippen molar-refractivity contribution >= 4 is 29.8 Å². The minimum atomic E-state index is -0.442. The largest absolute Gasteiger partial charge is 0.494 e. The molecule has 0 aliphatic rings. The first kappa shape index (κ1) is 14.4. The van der Waals surface area contributed by atoms with Crippen molar-refractivity contribution in [2.75, 3.05) is 32.3 Å². The van der Waals surface area contributed by atoms with Gasteiger partial charge in [-0.2, -0.15) is 0 Å². The van der Waals surface area contributed by atoms with E-state index in [0.29, 0.717) is 22.7 Å². The lowest BCUT2D eigenvalue weighted by molar-refractivity contribution is 0.0600. The first-order valence-corrected chi connectivity index (χ1v) is 4.37. The zero-order valence-electron chi connectivity index (χ0n) is 9.37. The molecule has 0 amide bonds. The molecule has 0 saturated carbocycles. The number of nitrogens with two attached hydrogens (primary N) is 1. The van der Waals surface area contributed by atoms with Crippen molar-refractivity contribution in [2.24, 2.45) is 0 Å². The van der Waals surface area contributed by atoms with E-state index in [9.17, 15) is 4.79 Å². The Morgan fingerprint density at radius 3 is 2.44 bits per heavy atom. The van der Waals surface area contributed by atoms with Gasteiger partial charge in [-0.3, -0.25) is 0 Å². The smallest absolute Gasteiger partial charge is 0.338 e. The van der Waals surface area contributed by atoms with E-state index in [4.69, 9.17) is 10.5 Å². The van der Waals surface area contributed by atoms with Gasteiger partial charge in [-0.25, -0.2) is 4.79 Å². The van der Waals surface area contributed by atoms with E-state index in [0.717, 1.165) is 0 Å². The zero-order valence-corrected chi connectivity index (χ0v) is 10.2. The Balaban J connectivity index is 0.00000225. The van der Waals surface area contributed by atoms with Crippen LogP contribution in [-0.4, -0.2) is 27.2 Å². The maximum atomic E-state index is 11.3. The normalized spacial score (nSPS) is 8.94. The van der Waals surface area contributed by atoms with E-state index in [1.54, 1.807) is 19.2 Å². The third-order valence-electron chi connectivity index (χ3n) is 2.02. The summed E-state index contributed by atoms with van der Waals surface area (Å²) in [6.07, 6.45) is 0. The Labute approximate surface area is 100 Å². The summed E-state index contributed by atoms with van der Waals surface area (Å²) in [5.41, 5.74) is 7.22. The van der Waals surface area contributed by atoms with E-state index >= 15 is 0 Å². The van der Waals surface area contributed by atoms with Crippen LogP contribution in [0.1, 0.15) is 10.4 Å². The molecule has 6 heteroatoms. The van der Waals surface area contributed by atoms with Crippen molar-refractivity contribution in [3.05, 3.63) is 17.7 Å². The van der Waals surface area contributed by atoms with Crippen LogP contribution in [-0.2, 0) is 4.74 Å². The average molecular weight is 247 g/mol. The summed E-state index contributed by atoms with van der Waals surface area (Å²) in [7, 11) is 4.56. The van der Waals surface area contributed by atoms with Crippen LogP contribution in [0, 0.1) is 0 Å². The molecule has 5 nitrogen and oxygen atoms in total. The maximum absolute atomic E-state index is 11.3. The molecule has 3 N–H and O–H groups in total. The number of carbonyl (C=O) groups excluding carboxylic acids is 1. The molecule has 90 valence electrons. The minimum Gasteiger partial charge on any atom is -0.494 e. The number of hydrogen-bond acceptors (Lipinski definition) is 5. The molecule has 0 unspecified atom stereocenters. The lowest BCUT2D eigenvalue weighted by Gasteiger charge is -2.12. The Morgan fingerprint density at radius 1 is 1.38 bits per heavy atom. The number of esters is 1. The Morgan fingerprint density at radius 2 is 2.00 bits per heavy atom. The Bertz CT molecular complexity index is 383. The summed E-state index contributed by atoms with van der Waals surface area (Å²) in [5.74, 6) is 0.0700. The highest BCUT2D eigenvalue weighted by atomic mass is 35.5. The van der Waals surface area contributed by atoms with Crippen LogP contribution >= 0.6 is 12.4 Å². The molecule has 0 aliphatic heterocycles. The van der Waals surface area contributed by atoms with Crippen molar-refractivity contribution < 1.29 is 14.3 Å². The van der Waals surface area contributed by atoms with Crippen LogP contribution in [0.3, 0.4) is 0 Å². The maximum Gasteiger partial charge on any atom is 0.338 e. The molecule has 0 aliphatic carbocycles. The summed E-state index contributed by atoms with van der Waals surface area (Å²) in [6, 6.07) is 3.12. The Kier molecular flexibility index (Phi) is 5.46. The van der Waals surface area contributed by atoms with Crippen molar-refractivity contribution in [3.63, 3.8) is 0 Å². The molecule has 0 bridgehead atoms. The van der Waals surface area contributed by atoms with E-state index in [-0.39, 0.29) is 12.4 Å². The fourth-order valence-corrected chi connectivity index (χ4v) is 1.30. The number of rotatable bonds is 3.